The van der Waals surface area contributed by atoms with E-state index in [1.807, 2.05) is 48.5 Å². The van der Waals surface area contributed by atoms with E-state index < -0.39 is 0 Å². The highest BCUT2D eigenvalue weighted by molar-refractivity contribution is 5.81. The summed E-state index contributed by atoms with van der Waals surface area (Å²) in [4.78, 5) is 17.8. The van der Waals surface area contributed by atoms with Crippen molar-refractivity contribution in [3.05, 3.63) is 100 Å². The number of aromatic nitrogens is 2. The quantitative estimate of drug-likeness (QED) is 0.502. The van der Waals surface area contributed by atoms with Gasteiger partial charge in [-0.05, 0) is 41.3 Å². The molecule has 4 rings (SSSR count). The lowest BCUT2D eigenvalue weighted by Gasteiger charge is -2.13. The van der Waals surface area contributed by atoms with E-state index in [9.17, 15) is 4.79 Å². The van der Waals surface area contributed by atoms with Crippen molar-refractivity contribution in [2.24, 2.45) is 0 Å². The van der Waals surface area contributed by atoms with E-state index >= 15 is 0 Å². The Morgan fingerprint density at radius 1 is 0.889 bits per heavy atom. The van der Waals surface area contributed by atoms with Crippen molar-refractivity contribution in [1.82, 2.24) is 9.55 Å². The Morgan fingerprint density at radius 2 is 1.67 bits per heavy atom. The number of benzene rings is 2. The van der Waals surface area contributed by atoms with Crippen molar-refractivity contribution >= 4 is 11.0 Å². The second kappa shape index (κ2) is 7.58. The van der Waals surface area contributed by atoms with Crippen LogP contribution in [0.25, 0.3) is 22.2 Å². The molecule has 0 saturated carbocycles. The zero-order valence-electron chi connectivity index (χ0n) is 15.4. The topological polar surface area (TPSA) is 34.9 Å². The largest absolute Gasteiger partial charge is 0.288 e. The van der Waals surface area contributed by atoms with Gasteiger partial charge >= 0.3 is 0 Å². The second-order valence-corrected chi connectivity index (χ2v) is 6.80. The van der Waals surface area contributed by atoms with Gasteiger partial charge in [-0.15, -0.1) is 0 Å². The lowest BCUT2D eigenvalue weighted by Crippen LogP contribution is -2.23. The van der Waals surface area contributed by atoms with Gasteiger partial charge in [0, 0.05) is 17.1 Å². The Morgan fingerprint density at radius 3 is 2.41 bits per heavy atom. The van der Waals surface area contributed by atoms with Crippen molar-refractivity contribution < 1.29 is 0 Å². The van der Waals surface area contributed by atoms with Crippen LogP contribution in [0.2, 0.25) is 0 Å². The molecule has 2 heterocycles. The van der Waals surface area contributed by atoms with Gasteiger partial charge in [0.2, 0.25) is 0 Å². The lowest BCUT2D eigenvalue weighted by atomic mass is 10.0. The van der Waals surface area contributed by atoms with Gasteiger partial charge in [0.25, 0.3) is 5.56 Å². The predicted octanol–water partition coefficient (Wildman–Crippen LogP) is 5.06. The molecule has 2 aromatic carbocycles. The minimum absolute atomic E-state index is 0.00621. The first-order chi connectivity index (χ1) is 13.3. The Balaban J connectivity index is 1.86. The summed E-state index contributed by atoms with van der Waals surface area (Å²) in [5.74, 6) is 0. The number of hydrogen-bond donors (Lipinski definition) is 0. The van der Waals surface area contributed by atoms with Gasteiger partial charge in [0.05, 0.1) is 6.54 Å². The zero-order chi connectivity index (χ0) is 18.6. The molecule has 0 spiro atoms. The van der Waals surface area contributed by atoms with E-state index in [1.54, 1.807) is 10.8 Å². The van der Waals surface area contributed by atoms with Crippen molar-refractivity contribution in [3.8, 4) is 11.1 Å². The summed E-state index contributed by atoms with van der Waals surface area (Å²) < 4.78 is 1.78. The predicted molar refractivity (Wildman–Crippen MR) is 111 cm³/mol. The van der Waals surface area contributed by atoms with Gasteiger partial charge in [-0.3, -0.25) is 9.36 Å². The molecule has 0 aliphatic heterocycles. The number of fused-ring (bicyclic) bond motifs is 1. The van der Waals surface area contributed by atoms with Crippen LogP contribution in [0.4, 0.5) is 0 Å². The van der Waals surface area contributed by atoms with Crippen LogP contribution in [0, 0.1) is 0 Å². The molecule has 3 nitrogen and oxygen atoms in total. The smallest absolute Gasteiger partial charge is 0.260 e. The molecule has 2 aromatic heterocycles. The summed E-state index contributed by atoms with van der Waals surface area (Å²) in [6.45, 7) is 2.68. The second-order valence-electron chi connectivity index (χ2n) is 6.80. The summed E-state index contributed by atoms with van der Waals surface area (Å²) in [6, 6.07) is 24.3. The average Bonchev–Trinajstić information content (AvgIpc) is 2.72. The minimum Gasteiger partial charge on any atom is -0.288 e. The number of hydrogen-bond acceptors (Lipinski definition) is 2. The Labute approximate surface area is 158 Å². The molecule has 0 unspecified atom stereocenters. The van der Waals surface area contributed by atoms with Crippen LogP contribution in [-0.2, 0) is 13.0 Å². The van der Waals surface area contributed by atoms with E-state index in [2.05, 4.69) is 36.2 Å². The summed E-state index contributed by atoms with van der Waals surface area (Å²) in [5, 5.41) is 0.973. The van der Waals surface area contributed by atoms with E-state index in [-0.39, 0.29) is 5.56 Å². The third-order valence-corrected chi connectivity index (χ3v) is 4.84. The number of pyridine rings is 2. The van der Waals surface area contributed by atoms with Crippen LogP contribution in [0.5, 0.6) is 0 Å². The van der Waals surface area contributed by atoms with Gasteiger partial charge in [-0.25, -0.2) is 4.98 Å². The molecule has 0 amide bonds. The maximum absolute atomic E-state index is 13.3. The third-order valence-electron chi connectivity index (χ3n) is 4.84. The van der Waals surface area contributed by atoms with Crippen molar-refractivity contribution in [1.29, 1.82) is 0 Å². The molecule has 0 N–H and O–H groups in total. The standard InChI is InChI=1S/C24H22N2O/c1-2-7-18-11-13-20(14-12-18)22-16-21-10-6-15-25-23(21)26(24(22)27)17-19-8-4-3-5-9-19/h3-6,8-16H,2,7,17H2,1H3. The van der Waals surface area contributed by atoms with Crippen LogP contribution < -0.4 is 5.56 Å². The zero-order valence-corrected chi connectivity index (χ0v) is 15.4. The van der Waals surface area contributed by atoms with Crippen LogP contribution in [0.1, 0.15) is 24.5 Å². The van der Waals surface area contributed by atoms with Crippen LogP contribution in [0.3, 0.4) is 0 Å². The molecule has 134 valence electrons. The maximum atomic E-state index is 13.3. The average molecular weight is 354 g/mol. The highest BCUT2D eigenvalue weighted by Crippen LogP contribution is 2.21. The first-order valence-corrected chi connectivity index (χ1v) is 9.38. The molecule has 0 atom stereocenters. The van der Waals surface area contributed by atoms with Gasteiger partial charge in [-0.1, -0.05) is 67.9 Å². The summed E-state index contributed by atoms with van der Waals surface area (Å²) >= 11 is 0. The first kappa shape index (κ1) is 17.2. The molecule has 0 fully saturated rings. The monoisotopic (exact) mass is 354 g/mol. The highest BCUT2D eigenvalue weighted by Gasteiger charge is 2.12. The molecule has 3 heteroatoms. The van der Waals surface area contributed by atoms with Gasteiger partial charge in [0.15, 0.2) is 0 Å². The summed E-state index contributed by atoms with van der Waals surface area (Å²) in [5.41, 5.74) is 4.77. The molecular weight excluding hydrogens is 332 g/mol. The first-order valence-electron chi connectivity index (χ1n) is 9.38. The van der Waals surface area contributed by atoms with Gasteiger partial charge < -0.3 is 0 Å². The summed E-state index contributed by atoms with van der Waals surface area (Å²) in [6.07, 6.45) is 3.91. The molecule has 27 heavy (non-hydrogen) atoms. The van der Waals surface area contributed by atoms with Crippen LogP contribution >= 0.6 is 0 Å². The van der Waals surface area contributed by atoms with E-state index in [0.717, 1.165) is 40.6 Å². The van der Waals surface area contributed by atoms with Gasteiger partial charge in [0.1, 0.15) is 5.65 Å². The molecule has 0 aliphatic rings. The Bertz CT molecular complexity index is 1110. The molecular formula is C24H22N2O. The SMILES string of the molecule is CCCc1ccc(-c2cc3cccnc3n(Cc3ccccc3)c2=O)cc1. The van der Waals surface area contributed by atoms with E-state index in [0.29, 0.717) is 6.54 Å². The molecule has 0 bridgehead atoms. The maximum Gasteiger partial charge on any atom is 0.260 e. The fraction of sp³-hybridized carbons (Fsp3) is 0.167. The Hall–Kier alpha value is -3.20. The number of aryl methyl sites for hydroxylation is 1. The molecule has 0 radical (unpaired) electrons. The van der Waals surface area contributed by atoms with Crippen LogP contribution in [-0.4, -0.2) is 9.55 Å². The van der Waals surface area contributed by atoms with E-state index in [4.69, 9.17) is 0 Å². The van der Waals surface area contributed by atoms with E-state index in [1.165, 1.54) is 5.56 Å². The molecule has 4 aromatic rings. The highest BCUT2D eigenvalue weighted by atomic mass is 16.1. The normalized spacial score (nSPS) is 11.0. The summed E-state index contributed by atoms with van der Waals surface area (Å²) in [7, 11) is 0. The van der Waals surface area contributed by atoms with Crippen molar-refractivity contribution in [3.63, 3.8) is 0 Å². The van der Waals surface area contributed by atoms with Crippen LogP contribution in [0.15, 0.2) is 83.8 Å². The minimum atomic E-state index is -0.00621. The molecule has 0 saturated heterocycles. The molecule has 0 aliphatic carbocycles. The van der Waals surface area contributed by atoms with Crippen molar-refractivity contribution in [2.75, 3.05) is 0 Å². The number of nitrogens with zero attached hydrogens (tertiary/aromatic N) is 2. The fourth-order valence-corrected chi connectivity index (χ4v) is 3.47. The third kappa shape index (κ3) is 3.54. The lowest BCUT2D eigenvalue weighted by molar-refractivity contribution is 0.785. The number of rotatable bonds is 5. The fourth-order valence-electron chi connectivity index (χ4n) is 3.47. The van der Waals surface area contributed by atoms with Gasteiger partial charge in [-0.2, -0.15) is 0 Å². The van der Waals surface area contributed by atoms with Crippen molar-refractivity contribution in [2.45, 2.75) is 26.3 Å². The Kier molecular flexibility index (Phi) is 4.84.